The van der Waals surface area contributed by atoms with Gasteiger partial charge in [-0.1, -0.05) is 45.1 Å². The van der Waals surface area contributed by atoms with Crippen molar-refractivity contribution in [3.63, 3.8) is 0 Å². The molecule has 1 fully saturated rings. The molecule has 0 radical (unpaired) electrons. The van der Waals surface area contributed by atoms with Crippen molar-refractivity contribution in [1.82, 2.24) is 0 Å². The third-order valence-corrected chi connectivity index (χ3v) is 4.99. The number of hydrogen-bond acceptors (Lipinski definition) is 4. The van der Waals surface area contributed by atoms with E-state index >= 15 is 0 Å². The Morgan fingerprint density at radius 1 is 1.20 bits per heavy atom. The maximum atomic E-state index is 12.1. The summed E-state index contributed by atoms with van der Waals surface area (Å²) in [6.07, 6.45) is 10.7. The lowest BCUT2D eigenvalue weighted by Gasteiger charge is -2.15. The number of carboxylic acid groups (broad SMARTS) is 1. The largest absolute Gasteiger partial charge is 0.479 e. The molecular weight excluding hydrogens is 320 g/mol. The number of hydrogen-bond donors (Lipinski definition) is 2. The van der Waals surface area contributed by atoms with Crippen molar-refractivity contribution in [3.8, 4) is 0 Å². The Bertz CT molecular complexity index is 469. The van der Waals surface area contributed by atoms with E-state index in [0.717, 1.165) is 44.9 Å². The predicted octanol–water partition coefficient (Wildman–Crippen LogP) is 3.68. The number of aliphatic hydroxyl groups is 1. The van der Waals surface area contributed by atoms with E-state index in [4.69, 9.17) is 5.11 Å². The van der Waals surface area contributed by atoms with Gasteiger partial charge in [0.25, 0.3) is 0 Å². The van der Waals surface area contributed by atoms with E-state index in [9.17, 15) is 19.5 Å². The highest BCUT2D eigenvalue weighted by atomic mass is 16.4. The van der Waals surface area contributed by atoms with Crippen molar-refractivity contribution in [1.29, 1.82) is 0 Å². The first kappa shape index (κ1) is 21.6. The highest BCUT2D eigenvalue weighted by molar-refractivity contribution is 5.90. The summed E-state index contributed by atoms with van der Waals surface area (Å²) in [5.74, 6) is -0.607. The van der Waals surface area contributed by atoms with Crippen LogP contribution in [0.3, 0.4) is 0 Å². The molecule has 25 heavy (non-hydrogen) atoms. The summed E-state index contributed by atoms with van der Waals surface area (Å²) in [5, 5.41) is 17.8. The van der Waals surface area contributed by atoms with Gasteiger partial charge < -0.3 is 10.2 Å². The van der Waals surface area contributed by atoms with Crippen LogP contribution in [0.2, 0.25) is 0 Å². The number of Topliss-reactive ketones (excluding diaryl/α,β-unsaturated/α-hetero) is 1. The molecule has 0 saturated heterocycles. The standard InChI is InChI=1S/C20H32O5/c1-2-3-5-8-16(21)13-11-15-12-14-18(22)17(15)9-6-4-7-10-19(23)20(24)25/h11,13,15,17,19,23H,2-10,12,14H2,1H3,(H,24,25)/t15-,17+,19?/m0/s1. The Morgan fingerprint density at radius 2 is 1.96 bits per heavy atom. The highest BCUT2D eigenvalue weighted by Crippen LogP contribution is 2.33. The van der Waals surface area contributed by atoms with Gasteiger partial charge in [0.15, 0.2) is 11.9 Å². The molecule has 1 rings (SSSR count). The first-order valence-electron chi connectivity index (χ1n) is 9.60. The number of unbranched alkanes of at least 4 members (excludes halogenated alkanes) is 4. The maximum Gasteiger partial charge on any atom is 0.332 e. The van der Waals surface area contributed by atoms with Gasteiger partial charge in [-0.2, -0.15) is 0 Å². The Labute approximate surface area is 150 Å². The summed E-state index contributed by atoms with van der Waals surface area (Å²) < 4.78 is 0. The second-order valence-electron chi connectivity index (χ2n) is 7.05. The number of rotatable bonds is 13. The van der Waals surface area contributed by atoms with Crippen LogP contribution in [0.1, 0.15) is 77.6 Å². The number of carbonyl (C=O) groups excluding carboxylic acids is 2. The van der Waals surface area contributed by atoms with Crippen LogP contribution in [0, 0.1) is 11.8 Å². The minimum atomic E-state index is -1.29. The average Bonchev–Trinajstić information content (AvgIpc) is 2.92. The van der Waals surface area contributed by atoms with E-state index in [1.54, 1.807) is 6.08 Å². The monoisotopic (exact) mass is 352 g/mol. The van der Waals surface area contributed by atoms with E-state index in [-0.39, 0.29) is 29.8 Å². The summed E-state index contributed by atoms with van der Waals surface area (Å²) >= 11 is 0. The third kappa shape index (κ3) is 8.43. The van der Waals surface area contributed by atoms with E-state index in [2.05, 4.69) is 6.92 Å². The first-order chi connectivity index (χ1) is 12.0. The number of allylic oxidation sites excluding steroid dienone is 2. The van der Waals surface area contributed by atoms with Crippen molar-refractivity contribution in [2.75, 3.05) is 0 Å². The molecule has 0 aromatic heterocycles. The average molecular weight is 352 g/mol. The van der Waals surface area contributed by atoms with Crippen molar-refractivity contribution in [2.45, 2.75) is 83.7 Å². The van der Waals surface area contributed by atoms with Gasteiger partial charge in [0, 0.05) is 18.8 Å². The zero-order valence-electron chi connectivity index (χ0n) is 15.3. The van der Waals surface area contributed by atoms with Crippen molar-refractivity contribution < 1.29 is 24.6 Å². The Balaban J connectivity index is 2.32. The van der Waals surface area contributed by atoms with Crippen LogP contribution in [0.25, 0.3) is 0 Å². The summed E-state index contributed by atoms with van der Waals surface area (Å²) in [7, 11) is 0. The zero-order valence-corrected chi connectivity index (χ0v) is 15.3. The molecule has 2 N–H and O–H groups in total. The molecule has 0 spiro atoms. The van der Waals surface area contributed by atoms with E-state index in [0.29, 0.717) is 19.3 Å². The van der Waals surface area contributed by atoms with Crippen LogP contribution in [0.5, 0.6) is 0 Å². The predicted molar refractivity (Wildman–Crippen MR) is 96.2 cm³/mol. The van der Waals surface area contributed by atoms with Crippen LogP contribution >= 0.6 is 0 Å². The molecule has 1 saturated carbocycles. The molecular formula is C20H32O5. The minimum absolute atomic E-state index is 0.0101. The fraction of sp³-hybridized carbons (Fsp3) is 0.750. The fourth-order valence-electron chi connectivity index (χ4n) is 3.41. The summed E-state index contributed by atoms with van der Waals surface area (Å²) in [6.45, 7) is 2.11. The molecule has 1 unspecified atom stereocenters. The van der Waals surface area contributed by atoms with Gasteiger partial charge in [-0.05, 0) is 37.7 Å². The highest BCUT2D eigenvalue weighted by Gasteiger charge is 2.32. The van der Waals surface area contributed by atoms with Crippen LogP contribution in [0.15, 0.2) is 12.2 Å². The summed E-state index contributed by atoms with van der Waals surface area (Å²) in [5.41, 5.74) is 0. The fourth-order valence-corrected chi connectivity index (χ4v) is 3.41. The molecule has 1 aliphatic carbocycles. The molecule has 1 aliphatic rings. The van der Waals surface area contributed by atoms with Gasteiger partial charge in [0.1, 0.15) is 5.78 Å². The number of aliphatic carboxylic acids is 1. The Kier molecular flexibility index (Phi) is 10.3. The molecule has 0 aromatic rings. The summed E-state index contributed by atoms with van der Waals surface area (Å²) in [4.78, 5) is 34.4. The van der Waals surface area contributed by atoms with Gasteiger partial charge >= 0.3 is 5.97 Å². The third-order valence-electron chi connectivity index (χ3n) is 4.99. The molecule has 5 heteroatoms. The normalized spacial score (nSPS) is 21.8. The van der Waals surface area contributed by atoms with Gasteiger partial charge in [0.05, 0.1) is 0 Å². The topological polar surface area (TPSA) is 91.7 Å². The lowest BCUT2D eigenvalue weighted by Crippen LogP contribution is -2.19. The summed E-state index contributed by atoms with van der Waals surface area (Å²) in [6, 6.07) is 0. The maximum absolute atomic E-state index is 12.1. The van der Waals surface area contributed by atoms with Crippen LogP contribution in [-0.4, -0.2) is 33.9 Å². The van der Waals surface area contributed by atoms with Crippen molar-refractivity contribution in [3.05, 3.63) is 12.2 Å². The van der Waals surface area contributed by atoms with Crippen LogP contribution in [0.4, 0.5) is 0 Å². The van der Waals surface area contributed by atoms with Gasteiger partial charge in [-0.25, -0.2) is 4.79 Å². The van der Waals surface area contributed by atoms with E-state index < -0.39 is 12.1 Å². The van der Waals surface area contributed by atoms with Crippen LogP contribution in [-0.2, 0) is 14.4 Å². The first-order valence-corrected chi connectivity index (χ1v) is 9.60. The van der Waals surface area contributed by atoms with Gasteiger partial charge in [0.2, 0.25) is 0 Å². The van der Waals surface area contributed by atoms with E-state index in [1.165, 1.54) is 0 Å². The molecule has 0 aliphatic heterocycles. The van der Waals surface area contributed by atoms with Crippen molar-refractivity contribution >= 4 is 17.5 Å². The van der Waals surface area contributed by atoms with Gasteiger partial charge in [-0.15, -0.1) is 0 Å². The Hall–Kier alpha value is -1.49. The molecule has 0 aromatic carbocycles. The Morgan fingerprint density at radius 3 is 2.64 bits per heavy atom. The zero-order chi connectivity index (χ0) is 18.7. The number of aliphatic hydroxyl groups excluding tert-OH is 1. The van der Waals surface area contributed by atoms with E-state index in [1.807, 2.05) is 6.08 Å². The van der Waals surface area contributed by atoms with Crippen LogP contribution < -0.4 is 0 Å². The number of carbonyl (C=O) groups is 3. The molecule has 142 valence electrons. The molecule has 0 amide bonds. The lowest BCUT2D eigenvalue weighted by molar-refractivity contribution is -0.147. The molecule has 0 bridgehead atoms. The second-order valence-corrected chi connectivity index (χ2v) is 7.05. The lowest BCUT2D eigenvalue weighted by atomic mass is 9.89. The number of carboxylic acids is 1. The SMILES string of the molecule is CCCCCC(=O)C=C[C@H]1CCC(=O)[C@@H]1CCCCCC(O)C(=O)O. The minimum Gasteiger partial charge on any atom is -0.479 e. The molecule has 3 atom stereocenters. The smallest absolute Gasteiger partial charge is 0.332 e. The molecule has 5 nitrogen and oxygen atoms in total. The van der Waals surface area contributed by atoms with Crippen molar-refractivity contribution in [2.24, 2.45) is 11.8 Å². The second kappa shape index (κ2) is 12.0. The van der Waals surface area contributed by atoms with Gasteiger partial charge in [-0.3, -0.25) is 9.59 Å². The number of ketones is 2. The molecule has 0 heterocycles. The quantitative estimate of drug-likeness (QED) is 0.390.